The van der Waals surface area contributed by atoms with Crippen LogP contribution in [-0.4, -0.2) is 52.8 Å². The Hall–Kier alpha value is -1.47. The summed E-state index contributed by atoms with van der Waals surface area (Å²) in [6.45, 7) is 2.81. The van der Waals surface area contributed by atoms with Crippen molar-refractivity contribution in [2.24, 2.45) is 11.7 Å². The highest BCUT2D eigenvalue weighted by Crippen LogP contribution is 2.31. The van der Waals surface area contributed by atoms with Crippen LogP contribution in [0.2, 0.25) is 0 Å². The number of piperazine rings is 1. The molecule has 2 fully saturated rings. The van der Waals surface area contributed by atoms with Crippen molar-refractivity contribution in [2.45, 2.75) is 19.4 Å². The van der Waals surface area contributed by atoms with Crippen molar-refractivity contribution in [3.8, 4) is 0 Å². The number of carbonyl (C=O) groups is 2. The van der Waals surface area contributed by atoms with Gasteiger partial charge in [-0.3, -0.25) is 9.59 Å². The Balaban J connectivity index is 1.57. The van der Waals surface area contributed by atoms with Gasteiger partial charge in [-0.1, -0.05) is 0 Å². The zero-order valence-electron chi connectivity index (χ0n) is 11.2. The predicted octanol–water partition coefficient (Wildman–Crippen LogP) is 0.296. The summed E-state index contributed by atoms with van der Waals surface area (Å²) in [6, 6.07) is 0. The van der Waals surface area contributed by atoms with Crippen LogP contribution in [0.1, 0.15) is 28.3 Å². The zero-order chi connectivity index (χ0) is 14.1. The van der Waals surface area contributed by atoms with Gasteiger partial charge in [0.1, 0.15) is 10.7 Å². The summed E-state index contributed by atoms with van der Waals surface area (Å²) in [4.78, 5) is 32.1. The van der Waals surface area contributed by atoms with Crippen molar-refractivity contribution >= 4 is 23.2 Å². The van der Waals surface area contributed by atoms with E-state index in [0.29, 0.717) is 38.4 Å². The van der Waals surface area contributed by atoms with E-state index in [0.717, 1.165) is 17.8 Å². The predicted molar refractivity (Wildman–Crippen MR) is 75.2 cm³/mol. The van der Waals surface area contributed by atoms with Gasteiger partial charge in [0, 0.05) is 44.0 Å². The summed E-state index contributed by atoms with van der Waals surface area (Å²) < 4.78 is 0. The van der Waals surface area contributed by atoms with E-state index < -0.39 is 0 Å². The first-order valence-corrected chi connectivity index (χ1v) is 7.79. The van der Waals surface area contributed by atoms with Crippen molar-refractivity contribution in [1.82, 2.24) is 14.8 Å². The third kappa shape index (κ3) is 2.69. The molecule has 2 N–H and O–H groups in total. The lowest BCUT2D eigenvalue weighted by Crippen LogP contribution is -2.51. The molecule has 108 valence electrons. The second-order valence-corrected chi connectivity index (χ2v) is 6.17. The number of nitrogens with zero attached hydrogens (tertiary/aromatic N) is 3. The van der Waals surface area contributed by atoms with Crippen LogP contribution >= 0.6 is 11.3 Å². The molecule has 0 aromatic carbocycles. The molecule has 0 atom stereocenters. The molecule has 7 heteroatoms. The van der Waals surface area contributed by atoms with Gasteiger partial charge in [-0.25, -0.2) is 4.98 Å². The Morgan fingerprint density at radius 3 is 2.45 bits per heavy atom. The van der Waals surface area contributed by atoms with Crippen LogP contribution < -0.4 is 5.73 Å². The fraction of sp³-hybridized carbons (Fsp3) is 0.615. The van der Waals surface area contributed by atoms with Gasteiger partial charge in [-0.05, 0) is 12.8 Å². The number of hydrogen-bond donors (Lipinski definition) is 1. The molecule has 1 aromatic heterocycles. The van der Waals surface area contributed by atoms with Crippen LogP contribution in [0.4, 0.5) is 0 Å². The monoisotopic (exact) mass is 294 g/mol. The number of thiazole rings is 1. The summed E-state index contributed by atoms with van der Waals surface area (Å²) in [5.74, 6) is 0.457. The van der Waals surface area contributed by atoms with Gasteiger partial charge in [-0.15, -0.1) is 11.3 Å². The molecule has 0 spiro atoms. The summed E-state index contributed by atoms with van der Waals surface area (Å²) in [5.41, 5.74) is 5.98. The Morgan fingerprint density at radius 2 is 1.90 bits per heavy atom. The number of aromatic nitrogens is 1. The summed E-state index contributed by atoms with van der Waals surface area (Å²) in [5, 5.41) is 2.53. The van der Waals surface area contributed by atoms with Gasteiger partial charge in [0.15, 0.2) is 0 Å². The highest BCUT2D eigenvalue weighted by molar-refractivity contribution is 7.09. The third-order valence-corrected chi connectivity index (χ3v) is 4.62. The summed E-state index contributed by atoms with van der Waals surface area (Å²) in [6.07, 6.45) is 2.05. The molecule has 3 rings (SSSR count). The van der Waals surface area contributed by atoms with Gasteiger partial charge < -0.3 is 15.5 Å². The van der Waals surface area contributed by atoms with Crippen molar-refractivity contribution in [3.63, 3.8) is 0 Å². The van der Waals surface area contributed by atoms with E-state index in [4.69, 9.17) is 5.73 Å². The minimum absolute atomic E-state index is 0.0560. The molecule has 1 saturated heterocycles. The molecule has 0 unspecified atom stereocenters. The van der Waals surface area contributed by atoms with Crippen molar-refractivity contribution < 1.29 is 9.59 Å². The van der Waals surface area contributed by atoms with Gasteiger partial charge in [-0.2, -0.15) is 0 Å². The average molecular weight is 294 g/mol. The topological polar surface area (TPSA) is 79.5 Å². The Kier molecular flexibility index (Phi) is 3.71. The number of amides is 2. The quantitative estimate of drug-likeness (QED) is 0.869. The van der Waals surface area contributed by atoms with Gasteiger partial charge in [0.2, 0.25) is 5.91 Å². The maximum absolute atomic E-state index is 12.3. The highest BCUT2D eigenvalue weighted by Gasteiger charge is 2.35. The van der Waals surface area contributed by atoms with Crippen molar-refractivity contribution in [3.05, 3.63) is 16.1 Å². The maximum atomic E-state index is 12.3. The van der Waals surface area contributed by atoms with Crippen LogP contribution in [0, 0.1) is 5.92 Å². The van der Waals surface area contributed by atoms with Crippen molar-refractivity contribution in [2.75, 3.05) is 26.2 Å². The summed E-state index contributed by atoms with van der Waals surface area (Å²) >= 11 is 1.41. The lowest BCUT2D eigenvalue weighted by atomic mass is 10.2. The van der Waals surface area contributed by atoms with E-state index in [-0.39, 0.29) is 17.7 Å². The van der Waals surface area contributed by atoms with Crippen LogP contribution in [0.15, 0.2) is 5.38 Å². The van der Waals surface area contributed by atoms with E-state index in [1.165, 1.54) is 11.3 Å². The molecular weight excluding hydrogens is 276 g/mol. The Bertz CT molecular complexity index is 518. The lowest BCUT2D eigenvalue weighted by Gasteiger charge is -2.34. The van der Waals surface area contributed by atoms with Gasteiger partial charge in [0.25, 0.3) is 5.91 Å². The van der Waals surface area contributed by atoms with Gasteiger partial charge >= 0.3 is 0 Å². The molecule has 2 heterocycles. The minimum atomic E-state index is -0.0560. The van der Waals surface area contributed by atoms with Gasteiger partial charge in [0.05, 0.1) is 0 Å². The number of rotatable bonds is 3. The summed E-state index contributed by atoms with van der Waals surface area (Å²) in [7, 11) is 0. The van der Waals surface area contributed by atoms with E-state index in [1.54, 1.807) is 10.3 Å². The standard InChI is InChI=1S/C13H18N4O2S/c14-7-11-15-10(8-20-11)13(19)17-5-3-16(4-6-17)12(18)9-1-2-9/h8-9H,1-7,14H2. The second kappa shape index (κ2) is 5.49. The zero-order valence-corrected chi connectivity index (χ0v) is 12.1. The Labute approximate surface area is 121 Å². The van der Waals surface area contributed by atoms with E-state index >= 15 is 0 Å². The highest BCUT2D eigenvalue weighted by atomic mass is 32.1. The first-order valence-electron chi connectivity index (χ1n) is 6.91. The fourth-order valence-electron chi connectivity index (χ4n) is 2.38. The average Bonchev–Trinajstić information content (AvgIpc) is 3.23. The fourth-order valence-corrected chi connectivity index (χ4v) is 3.03. The molecule has 1 aromatic rings. The van der Waals surface area contributed by atoms with Crippen LogP contribution in [-0.2, 0) is 11.3 Å². The molecule has 2 amide bonds. The third-order valence-electron chi connectivity index (χ3n) is 3.75. The SMILES string of the molecule is NCc1nc(C(=O)N2CCN(C(=O)C3CC3)CC2)cs1. The van der Waals surface area contributed by atoms with Crippen LogP contribution in [0.3, 0.4) is 0 Å². The van der Waals surface area contributed by atoms with Crippen molar-refractivity contribution in [1.29, 1.82) is 0 Å². The van der Waals surface area contributed by atoms with E-state index in [2.05, 4.69) is 4.98 Å². The number of carbonyl (C=O) groups excluding carboxylic acids is 2. The number of hydrogen-bond acceptors (Lipinski definition) is 5. The first-order chi connectivity index (χ1) is 9.69. The second-order valence-electron chi connectivity index (χ2n) is 5.22. The molecule has 20 heavy (non-hydrogen) atoms. The van der Waals surface area contributed by atoms with E-state index in [9.17, 15) is 9.59 Å². The smallest absolute Gasteiger partial charge is 0.273 e. The molecule has 2 aliphatic rings. The molecule has 1 aliphatic heterocycles. The molecular formula is C13H18N4O2S. The molecule has 6 nitrogen and oxygen atoms in total. The maximum Gasteiger partial charge on any atom is 0.273 e. The van der Waals surface area contributed by atoms with Crippen LogP contribution in [0.5, 0.6) is 0 Å². The molecule has 1 saturated carbocycles. The Morgan fingerprint density at radius 1 is 1.25 bits per heavy atom. The minimum Gasteiger partial charge on any atom is -0.339 e. The first kappa shape index (κ1) is 13.5. The molecule has 1 aliphatic carbocycles. The normalized spacial score (nSPS) is 19.2. The molecule has 0 bridgehead atoms. The van der Waals surface area contributed by atoms with Crippen LogP contribution in [0.25, 0.3) is 0 Å². The van der Waals surface area contributed by atoms with E-state index in [1.807, 2.05) is 4.90 Å². The molecule has 0 radical (unpaired) electrons. The largest absolute Gasteiger partial charge is 0.339 e. The number of nitrogens with two attached hydrogens (primary N) is 1. The lowest BCUT2D eigenvalue weighted by molar-refractivity contribution is -0.134.